The van der Waals surface area contributed by atoms with Crippen molar-refractivity contribution in [1.29, 1.82) is 0 Å². The molecular formula is C17H16BrNO4S. The summed E-state index contributed by atoms with van der Waals surface area (Å²) < 4.78 is 5.92. The zero-order valence-corrected chi connectivity index (χ0v) is 15.1. The molecule has 0 radical (unpaired) electrons. The monoisotopic (exact) mass is 409 g/mol. The highest BCUT2D eigenvalue weighted by Gasteiger charge is 2.10. The largest absolute Gasteiger partial charge is 0.508 e. The number of nitrogens with one attached hydrogen (secondary N) is 1. The number of halogens is 1. The highest BCUT2D eigenvalue weighted by Crippen LogP contribution is 2.19. The van der Waals surface area contributed by atoms with E-state index in [2.05, 4.69) is 21.2 Å². The summed E-state index contributed by atoms with van der Waals surface area (Å²) in [5.74, 6) is -0.322. The molecule has 0 aromatic heterocycles. The number of carbonyl (C=O) groups is 2. The van der Waals surface area contributed by atoms with Gasteiger partial charge < -0.3 is 15.2 Å². The van der Waals surface area contributed by atoms with Crippen LogP contribution in [0.3, 0.4) is 0 Å². The van der Waals surface area contributed by atoms with Gasteiger partial charge >= 0.3 is 5.97 Å². The van der Waals surface area contributed by atoms with E-state index >= 15 is 0 Å². The van der Waals surface area contributed by atoms with Crippen LogP contribution in [0.15, 0.2) is 57.9 Å². The first-order chi connectivity index (χ1) is 11.5. The predicted molar refractivity (Wildman–Crippen MR) is 96.3 cm³/mol. The standard InChI is InChI=1S/C17H16BrNO4S/c18-13-4-6-15(7-5-13)24-9-8-19-16(21)11-23-17(22)12-2-1-3-14(20)10-12/h1-7,10,20H,8-9,11H2,(H,19,21). The lowest BCUT2D eigenvalue weighted by Gasteiger charge is -2.07. The van der Waals surface area contributed by atoms with Crippen LogP contribution in [-0.2, 0) is 9.53 Å². The molecule has 2 N–H and O–H groups in total. The Hall–Kier alpha value is -1.99. The first-order valence-electron chi connectivity index (χ1n) is 7.16. The van der Waals surface area contributed by atoms with Crippen LogP contribution in [-0.4, -0.2) is 35.9 Å². The zero-order chi connectivity index (χ0) is 17.4. The topological polar surface area (TPSA) is 75.6 Å². The Morgan fingerprint density at radius 1 is 1.17 bits per heavy atom. The van der Waals surface area contributed by atoms with Crippen LogP contribution in [0.5, 0.6) is 5.75 Å². The average Bonchev–Trinajstić information content (AvgIpc) is 2.58. The van der Waals surface area contributed by atoms with Gasteiger partial charge in [0, 0.05) is 21.7 Å². The average molecular weight is 410 g/mol. The molecule has 2 aromatic carbocycles. The summed E-state index contributed by atoms with van der Waals surface area (Å²) in [6.45, 7) is 0.126. The van der Waals surface area contributed by atoms with Gasteiger partial charge in [0.25, 0.3) is 5.91 Å². The van der Waals surface area contributed by atoms with Gasteiger partial charge in [-0.25, -0.2) is 4.79 Å². The number of esters is 1. The van der Waals surface area contributed by atoms with Crippen LogP contribution < -0.4 is 5.32 Å². The van der Waals surface area contributed by atoms with Gasteiger partial charge in [0.2, 0.25) is 0 Å². The SMILES string of the molecule is O=C(COC(=O)c1cccc(O)c1)NCCSc1ccc(Br)cc1. The minimum absolute atomic E-state index is 0.0288. The summed E-state index contributed by atoms with van der Waals surface area (Å²) in [4.78, 5) is 24.5. The Morgan fingerprint density at radius 3 is 2.62 bits per heavy atom. The van der Waals surface area contributed by atoms with Crippen molar-refractivity contribution in [2.24, 2.45) is 0 Å². The van der Waals surface area contributed by atoms with E-state index in [0.29, 0.717) is 12.3 Å². The molecule has 0 aliphatic carbocycles. The van der Waals surface area contributed by atoms with E-state index in [-0.39, 0.29) is 23.8 Å². The molecule has 1 amide bonds. The van der Waals surface area contributed by atoms with Crippen LogP contribution >= 0.6 is 27.7 Å². The molecular weight excluding hydrogens is 394 g/mol. The molecule has 24 heavy (non-hydrogen) atoms. The summed E-state index contributed by atoms with van der Waals surface area (Å²) in [6, 6.07) is 13.7. The highest BCUT2D eigenvalue weighted by atomic mass is 79.9. The van der Waals surface area contributed by atoms with Crippen molar-refractivity contribution in [1.82, 2.24) is 5.32 Å². The summed E-state index contributed by atoms with van der Waals surface area (Å²) in [7, 11) is 0. The van der Waals surface area contributed by atoms with Gasteiger partial charge in [-0.05, 0) is 42.5 Å². The maximum absolute atomic E-state index is 11.7. The van der Waals surface area contributed by atoms with Crippen molar-refractivity contribution in [2.45, 2.75) is 4.90 Å². The number of aromatic hydroxyl groups is 1. The Labute approximate surface area is 152 Å². The van der Waals surface area contributed by atoms with Gasteiger partial charge in [0.1, 0.15) is 5.75 Å². The minimum atomic E-state index is -0.648. The van der Waals surface area contributed by atoms with Gasteiger partial charge in [-0.2, -0.15) is 0 Å². The van der Waals surface area contributed by atoms with E-state index in [4.69, 9.17) is 4.74 Å². The second kappa shape index (κ2) is 9.34. The first-order valence-corrected chi connectivity index (χ1v) is 8.93. The third-order valence-corrected chi connectivity index (χ3v) is 4.47. The van der Waals surface area contributed by atoms with Gasteiger partial charge in [0.15, 0.2) is 6.61 Å². The molecule has 0 atom stereocenters. The molecule has 0 bridgehead atoms. The summed E-state index contributed by atoms with van der Waals surface area (Å²) in [5, 5.41) is 12.0. The molecule has 0 unspecified atom stereocenters. The number of rotatable bonds is 7. The van der Waals surface area contributed by atoms with E-state index in [9.17, 15) is 14.7 Å². The number of carbonyl (C=O) groups excluding carboxylic acids is 2. The van der Waals surface area contributed by atoms with E-state index in [1.165, 1.54) is 24.3 Å². The van der Waals surface area contributed by atoms with Gasteiger partial charge in [-0.15, -0.1) is 11.8 Å². The molecule has 0 heterocycles. The molecule has 0 aliphatic rings. The maximum atomic E-state index is 11.7. The second-order valence-corrected chi connectivity index (χ2v) is 6.86. The Balaban J connectivity index is 1.64. The molecule has 0 fully saturated rings. The quantitative estimate of drug-likeness (QED) is 0.417. The molecule has 0 spiro atoms. The fourth-order valence-electron chi connectivity index (χ4n) is 1.79. The number of amides is 1. The normalized spacial score (nSPS) is 10.2. The molecule has 2 rings (SSSR count). The maximum Gasteiger partial charge on any atom is 0.338 e. The van der Waals surface area contributed by atoms with E-state index in [0.717, 1.165) is 9.37 Å². The van der Waals surface area contributed by atoms with Crippen molar-refractivity contribution in [2.75, 3.05) is 18.9 Å². The molecule has 2 aromatic rings. The van der Waals surface area contributed by atoms with Crippen LogP contribution in [0.2, 0.25) is 0 Å². The second-order valence-electron chi connectivity index (χ2n) is 4.78. The van der Waals surface area contributed by atoms with Crippen LogP contribution in [0.4, 0.5) is 0 Å². The number of hydrogen-bond donors (Lipinski definition) is 2. The van der Waals surface area contributed by atoms with Crippen molar-refractivity contribution in [3.05, 3.63) is 58.6 Å². The van der Waals surface area contributed by atoms with E-state index < -0.39 is 5.97 Å². The van der Waals surface area contributed by atoms with Crippen LogP contribution in [0, 0.1) is 0 Å². The lowest BCUT2D eigenvalue weighted by molar-refractivity contribution is -0.124. The number of ether oxygens (including phenoxy) is 1. The molecule has 5 nitrogen and oxygen atoms in total. The molecule has 7 heteroatoms. The Bertz CT molecular complexity index is 706. The first kappa shape index (κ1) is 18.4. The third-order valence-electron chi connectivity index (χ3n) is 2.92. The number of benzene rings is 2. The number of thioether (sulfide) groups is 1. The van der Waals surface area contributed by atoms with Gasteiger partial charge in [0.05, 0.1) is 5.56 Å². The smallest absolute Gasteiger partial charge is 0.338 e. The molecule has 126 valence electrons. The highest BCUT2D eigenvalue weighted by molar-refractivity contribution is 9.10. The summed E-state index contributed by atoms with van der Waals surface area (Å²) in [6.07, 6.45) is 0. The van der Waals surface area contributed by atoms with Gasteiger partial charge in [-0.1, -0.05) is 22.0 Å². The fourth-order valence-corrected chi connectivity index (χ4v) is 2.82. The van der Waals surface area contributed by atoms with Crippen molar-refractivity contribution < 1.29 is 19.4 Å². The number of hydrogen-bond acceptors (Lipinski definition) is 5. The van der Waals surface area contributed by atoms with Crippen LogP contribution in [0.1, 0.15) is 10.4 Å². The molecule has 0 aliphatic heterocycles. The minimum Gasteiger partial charge on any atom is -0.508 e. The third kappa shape index (κ3) is 6.25. The van der Waals surface area contributed by atoms with Crippen molar-refractivity contribution >= 4 is 39.6 Å². The number of phenolic OH excluding ortho intramolecular Hbond substituents is 1. The Kier molecular flexibility index (Phi) is 7.14. The van der Waals surface area contributed by atoms with E-state index in [1.807, 2.05) is 24.3 Å². The predicted octanol–water partition coefficient (Wildman–Crippen LogP) is 3.22. The van der Waals surface area contributed by atoms with E-state index in [1.54, 1.807) is 11.8 Å². The molecule has 0 saturated heterocycles. The lowest BCUT2D eigenvalue weighted by Crippen LogP contribution is -2.30. The summed E-state index contributed by atoms with van der Waals surface area (Å²) >= 11 is 5.00. The fraction of sp³-hybridized carbons (Fsp3) is 0.176. The van der Waals surface area contributed by atoms with Crippen LogP contribution in [0.25, 0.3) is 0 Å². The van der Waals surface area contributed by atoms with Gasteiger partial charge in [-0.3, -0.25) is 4.79 Å². The Morgan fingerprint density at radius 2 is 1.92 bits per heavy atom. The lowest BCUT2D eigenvalue weighted by atomic mass is 10.2. The molecule has 0 saturated carbocycles. The van der Waals surface area contributed by atoms with Crippen molar-refractivity contribution in [3.63, 3.8) is 0 Å². The van der Waals surface area contributed by atoms with Crippen molar-refractivity contribution in [3.8, 4) is 5.75 Å². The zero-order valence-electron chi connectivity index (χ0n) is 12.7. The summed E-state index contributed by atoms with van der Waals surface area (Å²) in [5.41, 5.74) is 0.202. The number of phenols is 1.